The predicted molar refractivity (Wildman–Crippen MR) is 130 cm³/mol. The molecule has 1 amide bonds. The molecule has 0 saturated heterocycles. The highest BCUT2D eigenvalue weighted by molar-refractivity contribution is 7.99. The van der Waals surface area contributed by atoms with Crippen LogP contribution < -0.4 is 10.1 Å². The first-order valence-corrected chi connectivity index (χ1v) is 11.8. The van der Waals surface area contributed by atoms with Gasteiger partial charge in [0, 0.05) is 12.7 Å². The fourth-order valence-corrected chi connectivity index (χ4v) is 4.08. The Labute approximate surface area is 194 Å². The van der Waals surface area contributed by atoms with Crippen molar-refractivity contribution >= 4 is 23.4 Å². The smallest absolute Gasteiger partial charge is 0.234 e. The van der Waals surface area contributed by atoms with E-state index in [4.69, 9.17) is 4.74 Å². The number of rotatable bonds is 8. The van der Waals surface area contributed by atoms with Crippen LogP contribution in [0.1, 0.15) is 57.7 Å². The zero-order chi connectivity index (χ0) is 23.3. The van der Waals surface area contributed by atoms with Crippen LogP contribution in [0.15, 0.2) is 53.7 Å². The topological polar surface area (TPSA) is 69.0 Å². The van der Waals surface area contributed by atoms with Gasteiger partial charge in [-0.1, -0.05) is 69.8 Å². The van der Waals surface area contributed by atoms with Crippen LogP contribution in [0.2, 0.25) is 0 Å². The lowest BCUT2D eigenvalue weighted by atomic mass is 9.87. The van der Waals surface area contributed by atoms with Crippen LogP contribution in [-0.2, 0) is 23.7 Å². The molecule has 1 unspecified atom stereocenters. The van der Waals surface area contributed by atoms with Gasteiger partial charge >= 0.3 is 0 Å². The Morgan fingerprint density at radius 2 is 1.81 bits per heavy atom. The van der Waals surface area contributed by atoms with Gasteiger partial charge in [0.25, 0.3) is 0 Å². The van der Waals surface area contributed by atoms with Gasteiger partial charge in [-0.15, -0.1) is 10.2 Å². The molecule has 0 aliphatic rings. The van der Waals surface area contributed by atoms with E-state index in [-0.39, 0.29) is 23.2 Å². The Kier molecular flexibility index (Phi) is 7.61. The molecule has 170 valence electrons. The number of hydrogen-bond donors (Lipinski definition) is 1. The highest BCUT2D eigenvalue weighted by atomic mass is 32.2. The molecule has 0 spiro atoms. The van der Waals surface area contributed by atoms with Crippen molar-refractivity contribution in [2.24, 2.45) is 7.05 Å². The van der Waals surface area contributed by atoms with E-state index in [2.05, 4.69) is 55.3 Å². The molecule has 6 nitrogen and oxygen atoms in total. The fourth-order valence-electron chi connectivity index (χ4n) is 3.36. The highest BCUT2D eigenvalue weighted by Gasteiger charge is 2.19. The number of aromatic nitrogens is 3. The minimum atomic E-state index is -0.271. The largest absolute Gasteiger partial charge is 0.483 e. The maximum absolute atomic E-state index is 12.4. The van der Waals surface area contributed by atoms with E-state index in [1.54, 1.807) is 0 Å². The van der Waals surface area contributed by atoms with Gasteiger partial charge in [0.1, 0.15) is 5.75 Å². The number of amides is 1. The van der Waals surface area contributed by atoms with Crippen molar-refractivity contribution in [1.82, 2.24) is 14.8 Å². The van der Waals surface area contributed by atoms with Crippen molar-refractivity contribution < 1.29 is 9.53 Å². The first-order chi connectivity index (χ1) is 15.2. The van der Waals surface area contributed by atoms with Crippen molar-refractivity contribution in [2.75, 3.05) is 11.1 Å². The minimum absolute atomic E-state index is 0.0660. The quantitative estimate of drug-likeness (QED) is 0.454. The molecule has 0 aliphatic carbocycles. The molecule has 7 heteroatoms. The summed E-state index contributed by atoms with van der Waals surface area (Å²) in [6.45, 7) is 10.6. The number of anilines is 1. The third-order valence-electron chi connectivity index (χ3n) is 5.27. The predicted octanol–water partition coefficient (Wildman–Crippen LogP) is 5.55. The first kappa shape index (κ1) is 23.9. The van der Waals surface area contributed by atoms with Crippen molar-refractivity contribution in [3.05, 3.63) is 65.5 Å². The Morgan fingerprint density at radius 3 is 2.47 bits per heavy atom. The van der Waals surface area contributed by atoms with Crippen LogP contribution in [0.3, 0.4) is 0 Å². The molecule has 0 fully saturated rings. The van der Waals surface area contributed by atoms with Crippen LogP contribution in [0.4, 0.5) is 5.69 Å². The van der Waals surface area contributed by atoms with E-state index < -0.39 is 0 Å². The van der Waals surface area contributed by atoms with E-state index in [0.29, 0.717) is 11.0 Å². The summed E-state index contributed by atoms with van der Waals surface area (Å²) >= 11 is 1.36. The van der Waals surface area contributed by atoms with Gasteiger partial charge in [-0.2, -0.15) is 0 Å². The lowest BCUT2D eigenvalue weighted by molar-refractivity contribution is -0.113. The summed E-state index contributed by atoms with van der Waals surface area (Å²) < 4.78 is 7.96. The van der Waals surface area contributed by atoms with Gasteiger partial charge < -0.3 is 14.6 Å². The molecule has 0 bridgehead atoms. The van der Waals surface area contributed by atoms with Crippen molar-refractivity contribution in [3.63, 3.8) is 0 Å². The van der Waals surface area contributed by atoms with E-state index in [1.807, 2.05) is 54.9 Å². The lowest BCUT2D eigenvalue weighted by Crippen LogP contribution is -2.16. The minimum Gasteiger partial charge on any atom is -0.483 e. The van der Waals surface area contributed by atoms with E-state index in [1.165, 1.54) is 17.3 Å². The molecule has 0 radical (unpaired) electrons. The molecule has 2 aromatic carbocycles. The molecule has 1 atom stereocenters. The SMILES string of the molecule is CCc1ccccc1NC(=O)CSc1nnc(C(C)Oc2ccc(C(C)(C)C)cc2)n1C. The van der Waals surface area contributed by atoms with Gasteiger partial charge in [0.2, 0.25) is 5.91 Å². The molecule has 1 heterocycles. The summed E-state index contributed by atoms with van der Waals surface area (Å²) in [6.07, 6.45) is 0.597. The summed E-state index contributed by atoms with van der Waals surface area (Å²) in [7, 11) is 1.89. The first-order valence-electron chi connectivity index (χ1n) is 10.9. The summed E-state index contributed by atoms with van der Waals surface area (Å²) in [4.78, 5) is 12.4. The number of carbonyl (C=O) groups is 1. The van der Waals surface area contributed by atoms with Gasteiger partial charge in [-0.05, 0) is 48.1 Å². The van der Waals surface area contributed by atoms with Crippen LogP contribution in [0.25, 0.3) is 0 Å². The molecule has 1 N–H and O–H groups in total. The number of thioether (sulfide) groups is 1. The number of benzene rings is 2. The van der Waals surface area contributed by atoms with Gasteiger partial charge in [-0.3, -0.25) is 4.79 Å². The number of nitrogens with zero attached hydrogens (tertiary/aromatic N) is 3. The Morgan fingerprint density at radius 1 is 1.12 bits per heavy atom. The summed E-state index contributed by atoms with van der Waals surface area (Å²) in [5.74, 6) is 1.69. The van der Waals surface area contributed by atoms with E-state index >= 15 is 0 Å². The fraction of sp³-hybridized carbons (Fsp3) is 0.400. The monoisotopic (exact) mass is 452 g/mol. The maximum atomic E-state index is 12.4. The summed E-state index contributed by atoms with van der Waals surface area (Å²) in [5.41, 5.74) is 3.34. The standard InChI is InChI=1S/C25H32N4O2S/c1-7-18-10-8-9-11-21(18)26-22(30)16-32-24-28-27-23(29(24)6)17(2)31-20-14-12-19(13-15-20)25(3,4)5/h8-15,17H,7,16H2,1-6H3,(H,26,30). The second-order valence-electron chi connectivity index (χ2n) is 8.78. The molecule has 32 heavy (non-hydrogen) atoms. The Hall–Kier alpha value is -2.80. The number of nitrogens with one attached hydrogen (secondary N) is 1. The van der Waals surface area contributed by atoms with Crippen molar-refractivity contribution in [1.29, 1.82) is 0 Å². The number of ether oxygens (including phenoxy) is 1. The second kappa shape index (κ2) is 10.2. The number of aryl methyl sites for hydroxylation is 1. The van der Waals surface area contributed by atoms with Crippen LogP contribution >= 0.6 is 11.8 Å². The number of hydrogen-bond acceptors (Lipinski definition) is 5. The molecule has 3 aromatic rings. The molecular formula is C25H32N4O2S. The Bertz CT molecular complexity index is 1050. The normalized spacial score (nSPS) is 12.4. The van der Waals surface area contributed by atoms with Crippen molar-refractivity contribution in [3.8, 4) is 5.75 Å². The molecular weight excluding hydrogens is 420 g/mol. The second-order valence-corrected chi connectivity index (χ2v) is 9.72. The highest BCUT2D eigenvalue weighted by Crippen LogP contribution is 2.27. The summed E-state index contributed by atoms with van der Waals surface area (Å²) in [5, 5.41) is 12.2. The molecule has 0 saturated carbocycles. The number of para-hydroxylation sites is 1. The van der Waals surface area contributed by atoms with Crippen LogP contribution in [-0.4, -0.2) is 26.4 Å². The van der Waals surface area contributed by atoms with Gasteiger partial charge in [0.15, 0.2) is 17.1 Å². The maximum Gasteiger partial charge on any atom is 0.234 e. The zero-order valence-electron chi connectivity index (χ0n) is 19.7. The molecule has 1 aromatic heterocycles. The molecule has 3 rings (SSSR count). The molecule has 0 aliphatic heterocycles. The van der Waals surface area contributed by atoms with Gasteiger partial charge in [0.05, 0.1) is 5.75 Å². The zero-order valence-corrected chi connectivity index (χ0v) is 20.5. The van der Waals surface area contributed by atoms with Crippen molar-refractivity contribution in [2.45, 2.75) is 57.7 Å². The van der Waals surface area contributed by atoms with E-state index in [9.17, 15) is 4.79 Å². The average Bonchev–Trinajstić information content (AvgIpc) is 3.13. The van der Waals surface area contributed by atoms with E-state index in [0.717, 1.165) is 23.4 Å². The van der Waals surface area contributed by atoms with Crippen LogP contribution in [0, 0.1) is 0 Å². The third kappa shape index (κ3) is 5.91. The Balaban J connectivity index is 1.59. The van der Waals surface area contributed by atoms with Gasteiger partial charge in [-0.25, -0.2) is 0 Å². The van der Waals surface area contributed by atoms with Crippen LogP contribution in [0.5, 0.6) is 5.75 Å². The third-order valence-corrected chi connectivity index (χ3v) is 6.29. The number of carbonyl (C=O) groups excluding carboxylic acids is 1. The average molecular weight is 453 g/mol. The lowest BCUT2D eigenvalue weighted by Gasteiger charge is -2.20. The summed E-state index contributed by atoms with van der Waals surface area (Å²) in [6, 6.07) is 16.0.